The van der Waals surface area contributed by atoms with Crippen LogP contribution >= 0.6 is 0 Å². The maximum Gasteiger partial charge on any atom is 0.270 e. The van der Waals surface area contributed by atoms with Gasteiger partial charge in [0.15, 0.2) is 0 Å². The summed E-state index contributed by atoms with van der Waals surface area (Å²) in [7, 11) is 0. The average molecular weight is 321 g/mol. The molecule has 6 heteroatoms. The lowest BCUT2D eigenvalue weighted by Gasteiger charge is -2.13. The number of nitrogens with zero attached hydrogens (tertiary/aromatic N) is 2. The summed E-state index contributed by atoms with van der Waals surface area (Å²) in [6.07, 6.45) is 1.33. The molecule has 2 aromatic carbocycles. The fourth-order valence-electron chi connectivity index (χ4n) is 2.14. The van der Waals surface area contributed by atoms with E-state index in [-0.39, 0.29) is 17.3 Å². The topological polar surface area (TPSA) is 96.0 Å². The molecule has 0 heterocycles. The second-order valence-corrected chi connectivity index (χ2v) is 5.13. The molecular weight excluding hydrogens is 306 g/mol. The van der Waals surface area contributed by atoms with Gasteiger partial charge in [-0.3, -0.25) is 14.9 Å². The van der Waals surface area contributed by atoms with Gasteiger partial charge < -0.3 is 5.32 Å². The van der Waals surface area contributed by atoms with Crippen LogP contribution in [0.2, 0.25) is 0 Å². The summed E-state index contributed by atoms with van der Waals surface area (Å²) in [5.74, 6) is -0.527. The van der Waals surface area contributed by atoms with Gasteiger partial charge in [0, 0.05) is 12.1 Å². The van der Waals surface area contributed by atoms with Crippen LogP contribution < -0.4 is 5.32 Å². The molecule has 6 nitrogen and oxygen atoms in total. The summed E-state index contributed by atoms with van der Waals surface area (Å²) in [6, 6.07) is 16.7. The zero-order valence-electron chi connectivity index (χ0n) is 13.0. The molecule has 0 saturated heterocycles. The van der Waals surface area contributed by atoms with Gasteiger partial charge in [0.1, 0.15) is 11.6 Å². The van der Waals surface area contributed by atoms with E-state index in [2.05, 4.69) is 5.32 Å². The number of hydrogen-bond acceptors (Lipinski definition) is 4. The monoisotopic (exact) mass is 321 g/mol. The van der Waals surface area contributed by atoms with Gasteiger partial charge in [-0.05, 0) is 24.1 Å². The number of amides is 1. The van der Waals surface area contributed by atoms with Crippen LogP contribution in [-0.4, -0.2) is 10.8 Å². The van der Waals surface area contributed by atoms with Crippen LogP contribution in [0.25, 0.3) is 6.08 Å². The molecule has 120 valence electrons. The van der Waals surface area contributed by atoms with Crippen molar-refractivity contribution < 1.29 is 9.72 Å². The lowest BCUT2D eigenvalue weighted by molar-refractivity contribution is -0.384. The van der Waals surface area contributed by atoms with E-state index in [0.29, 0.717) is 5.56 Å². The normalized spacial score (nSPS) is 12.1. The van der Waals surface area contributed by atoms with Gasteiger partial charge in [-0.2, -0.15) is 5.26 Å². The van der Waals surface area contributed by atoms with Gasteiger partial charge in [-0.15, -0.1) is 0 Å². The second-order valence-electron chi connectivity index (χ2n) is 5.13. The van der Waals surface area contributed by atoms with Crippen LogP contribution in [0.15, 0.2) is 60.2 Å². The van der Waals surface area contributed by atoms with E-state index in [0.717, 1.165) is 5.56 Å². The largest absolute Gasteiger partial charge is 0.345 e. The summed E-state index contributed by atoms with van der Waals surface area (Å²) in [5.41, 5.74) is 1.12. The average Bonchev–Trinajstić information content (AvgIpc) is 2.60. The Morgan fingerprint density at radius 2 is 1.96 bits per heavy atom. The van der Waals surface area contributed by atoms with Crippen LogP contribution in [0, 0.1) is 21.4 Å². The van der Waals surface area contributed by atoms with Crippen LogP contribution in [0.3, 0.4) is 0 Å². The van der Waals surface area contributed by atoms with Crippen molar-refractivity contribution in [3.8, 4) is 6.07 Å². The summed E-state index contributed by atoms with van der Waals surface area (Å²) in [5, 5.41) is 22.7. The number of carbonyl (C=O) groups excluding carboxylic acids is 1. The van der Waals surface area contributed by atoms with E-state index in [1.807, 2.05) is 43.3 Å². The number of nitrogens with one attached hydrogen (secondary N) is 1. The van der Waals surface area contributed by atoms with E-state index < -0.39 is 10.8 Å². The predicted octanol–water partition coefficient (Wildman–Crippen LogP) is 3.38. The van der Waals surface area contributed by atoms with Gasteiger partial charge in [0.05, 0.1) is 11.0 Å². The molecule has 2 rings (SSSR count). The Morgan fingerprint density at radius 1 is 1.25 bits per heavy atom. The molecule has 1 N–H and O–H groups in total. The molecule has 0 fully saturated rings. The van der Waals surface area contributed by atoms with Gasteiger partial charge in [-0.25, -0.2) is 0 Å². The van der Waals surface area contributed by atoms with E-state index in [4.69, 9.17) is 0 Å². The van der Waals surface area contributed by atoms with E-state index in [9.17, 15) is 20.2 Å². The minimum Gasteiger partial charge on any atom is -0.345 e. The van der Waals surface area contributed by atoms with Crippen molar-refractivity contribution in [1.29, 1.82) is 5.26 Å². The number of hydrogen-bond donors (Lipinski definition) is 1. The molecule has 0 aliphatic rings. The highest BCUT2D eigenvalue weighted by Gasteiger charge is 2.14. The first-order chi connectivity index (χ1) is 11.5. The number of nitro groups is 1. The zero-order chi connectivity index (χ0) is 17.5. The van der Waals surface area contributed by atoms with Gasteiger partial charge in [-0.1, -0.05) is 42.5 Å². The SMILES string of the molecule is C[C@@H](NC(=O)/C(C#N)=C\c1cccc([N+](=O)[O-])c1)c1ccccc1. The Kier molecular flexibility index (Phi) is 5.42. The maximum atomic E-state index is 12.2. The standard InChI is InChI=1S/C18H15N3O3/c1-13(15-7-3-2-4-8-15)20-18(22)16(12-19)10-14-6-5-9-17(11-14)21(23)24/h2-11,13H,1H3,(H,20,22)/b16-10-/t13-/m1/s1. The Labute approximate surface area is 139 Å². The van der Waals surface area contributed by atoms with Crippen molar-refractivity contribution in [1.82, 2.24) is 5.32 Å². The number of nitro benzene ring substituents is 1. The van der Waals surface area contributed by atoms with Gasteiger partial charge in [0.25, 0.3) is 11.6 Å². The van der Waals surface area contributed by atoms with Crippen LogP contribution in [-0.2, 0) is 4.79 Å². The summed E-state index contributed by atoms with van der Waals surface area (Å²) in [4.78, 5) is 22.5. The van der Waals surface area contributed by atoms with Crippen molar-refractivity contribution in [3.05, 3.63) is 81.4 Å². The molecule has 0 aliphatic carbocycles. The first-order valence-electron chi connectivity index (χ1n) is 7.23. The highest BCUT2D eigenvalue weighted by atomic mass is 16.6. The van der Waals surface area contributed by atoms with Gasteiger partial charge in [0.2, 0.25) is 0 Å². The van der Waals surface area contributed by atoms with Crippen molar-refractivity contribution >= 4 is 17.7 Å². The van der Waals surface area contributed by atoms with Crippen molar-refractivity contribution in [2.75, 3.05) is 0 Å². The maximum absolute atomic E-state index is 12.2. The summed E-state index contributed by atoms with van der Waals surface area (Å²) in [6.45, 7) is 1.82. The second kappa shape index (κ2) is 7.70. The number of benzene rings is 2. The lowest BCUT2D eigenvalue weighted by Crippen LogP contribution is -2.27. The molecule has 0 aliphatic heterocycles. The van der Waals surface area contributed by atoms with E-state index >= 15 is 0 Å². The molecule has 0 saturated carbocycles. The van der Waals surface area contributed by atoms with Crippen LogP contribution in [0.5, 0.6) is 0 Å². The quantitative estimate of drug-likeness (QED) is 0.395. The molecule has 0 aromatic heterocycles. The third-order valence-electron chi connectivity index (χ3n) is 3.40. The zero-order valence-corrected chi connectivity index (χ0v) is 13.0. The predicted molar refractivity (Wildman–Crippen MR) is 89.7 cm³/mol. The molecule has 1 atom stereocenters. The third-order valence-corrected chi connectivity index (χ3v) is 3.40. The Bertz CT molecular complexity index is 823. The number of nitriles is 1. The van der Waals surface area contributed by atoms with Crippen molar-refractivity contribution in [3.63, 3.8) is 0 Å². The number of carbonyl (C=O) groups is 1. The fourth-order valence-corrected chi connectivity index (χ4v) is 2.14. The molecule has 0 spiro atoms. The third kappa shape index (κ3) is 4.27. The highest BCUT2D eigenvalue weighted by molar-refractivity contribution is 6.01. The molecule has 1 amide bonds. The highest BCUT2D eigenvalue weighted by Crippen LogP contribution is 2.17. The smallest absolute Gasteiger partial charge is 0.270 e. The van der Waals surface area contributed by atoms with Crippen molar-refractivity contribution in [2.24, 2.45) is 0 Å². The number of non-ortho nitro benzene ring substituents is 1. The van der Waals surface area contributed by atoms with Crippen LogP contribution in [0.4, 0.5) is 5.69 Å². The summed E-state index contributed by atoms with van der Waals surface area (Å²) >= 11 is 0. The van der Waals surface area contributed by atoms with Crippen molar-refractivity contribution in [2.45, 2.75) is 13.0 Å². The lowest BCUT2D eigenvalue weighted by atomic mass is 10.1. The first-order valence-corrected chi connectivity index (χ1v) is 7.23. The Hall–Kier alpha value is -3.46. The minimum atomic E-state index is -0.527. The minimum absolute atomic E-state index is 0.0981. The molecule has 0 radical (unpaired) electrons. The van der Waals surface area contributed by atoms with E-state index in [1.165, 1.54) is 24.3 Å². The number of rotatable bonds is 5. The summed E-state index contributed by atoms with van der Waals surface area (Å²) < 4.78 is 0. The Morgan fingerprint density at radius 3 is 2.58 bits per heavy atom. The Balaban J connectivity index is 2.18. The molecule has 2 aromatic rings. The molecule has 0 unspecified atom stereocenters. The van der Waals surface area contributed by atoms with Gasteiger partial charge >= 0.3 is 0 Å². The molecule has 24 heavy (non-hydrogen) atoms. The van der Waals surface area contributed by atoms with E-state index in [1.54, 1.807) is 6.07 Å². The molecular formula is C18H15N3O3. The van der Waals surface area contributed by atoms with Crippen LogP contribution in [0.1, 0.15) is 24.1 Å². The fraction of sp³-hybridized carbons (Fsp3) is 0.111. The molecule has 0 bridgehead atoms. The first kappa shape index (κ1) is 16.9.